The first kappa shape index (κ1) is 7.03. The predicted molar refractivity (Wildman–Crippen MR) is 32.0 cm³/mol. The monoisotopic (exact) mass is 163 g/mol. The Kier molecular flexibility index (Phi) is 4.21. The zero-order valence-corrected chi connectivity index (χ0v) is 6.82. The average Bonchev–Trinajstić information content (AvgIpc) is 1.68. The van der Waals surface area contributed by atoms with Crippen LogP contribution in [0.2, 0.25) is 5.21 Å². The van der Waals surface area contributed by atoms with Gasteiger partial charge >= 0.3 is 51.5 Å². The van der Waals surface area contributed by atoms with E-state index in [0.29, 0.717) is 6.42 Å². The second-order valence-corrected chi connectivity index (χ2v) is 2.42. The maximum atomic E-state index is 10.3. The quantitative estimate of drug-likeness (QED) is 0.529. The van der Waals surface area contributed by atoms with Crippen LogP contribution in [-0.2, 0) is 4.79 Å². The van der Waals surface area contributed by atoms with Gasteiger partial charge in [-0.2, -0.15) is 0 Å². The van der Waals surface area contributed by atoms with Crippen molar-refractivity contribution < 1.29 is 4.79 Å². The van der Waals surface area contributed by atoms with E-state index < -0.39 is 0 Å². The molecule has 2 nitrogen and oxygen atoms in total. The van der Waals surface area contributed by atoms with Gasteiger partial charge in [0.05, 0.1) is 0 Å². The number of amides is 1. The molecule has 3 heteroatoms. The summed E-state index contributed by atoms with van der Waals surface area (Å²) in [6.07, 6.45) is 0.677. The van der Waals surface area contributed by atoms with E-state index in [1.54, 1.807) is 23.9 Å². The summed E-state index contributed by atoms with van der Waals surface area (Å²) >= 11 is 1.60. The molecule has 1 unspecified atom stereocenters. The average molecular weight is 163 g/mol. The Morgan fingerprint density at radius 3 is 2.57 bits per heavy atom. The molecule has 0 aliphatic carbocycles. The van der Waals surface area contributed by atoms with Crippen LogP contribution in [0.15, 0.2) is 0 Å². The standard InChI is InChI=1S/C4H10AsNO/c1-6-4(7)2-3-5/h2-3,5H2,1H3,(H,6,7). The van der Waals surface area contributed by atoms with Crippen LogP contribution in [0.3, 0.4) is 0 Å². The second kappa shape index (κ2) is 4.19. The normalized spacial score (nSPS) is 8.29. The third kappa shape index (κ3) is 3.87. The maximum absolute atomic E-state index is 10.3. The zero-order chi connectivity index (χ0) is 5.70. The van der Waals surface area contributed by atoms with Crippen LogP contribution >= 0.6 is 0 Å². The van der Waals surface area contributed by atoms with Gasteiger partial charge in [0.25, 0.3) is 0 Å². The first-order valence-corrected chi connectivity index (χ1v) is 3.93. The van der Waals surface area contributed by atoms with Crippen LogP contribution in [-0.4, -0.2) is 29.8 Å². The van der Waals surface area contributed by atoms with Crippen molar-refractivity contribution in [3.05, 3.63) is 0 Å². The molecule has 0 fully saturated rings. The van der Waals surface area contributed by atoms with E-state index in [2.05, 4.69) is 5.32 Å². The third-order valence-corrected chi connectivity index (χ3v) is 1.26. The fraction of sp³-hybridized carbons (Fsp3) is 0.750. The molecule has 0 saturated carbocycles. The number of hydrogen-bond acceptors (Lipinski definition) is 1. The van der Waals surface area contributed by atoms with Gasteiger partial charge in [0, 0.05) is 0 Å². The number of carbonyl (C=O) groups is 1. The van der Waals surface area contributed by atoms with Crippen LogP contribution in [0.4, 0.5) is 0 Å². The van der Waals surface area contributed by atoms with Crippen LogP contribution in [0.5, 0.6) is 0 Å². The third-order valence-electron chi connectivity index (χ3n) is 0.650. The fourth-order valence-electron chi connectivity index (χ4n) is 0.256. The van der Waals surface area contributed by atoms with E-state index >= 15 is 0 Å². The van der Waals surface area contributed by atoms with Gasteiger partial charge in [0.1, 0.15) is 0 Å². The molecular formula is C4H10AsNO. The Hall–Kier alpha value is 0.0284. The van der Waals surface area contributed by atoms with Gasteiger partial charge in [-0.05, 0) is 0 Å². The molecule has 0 aromatic heterocycles. The summed E-state index contributed by atoms with van der Waals surface area (Å²) in [5.41, 5.74) is 0. The molecule has 1 amide bonds. The molecule has 42 valence electrons. The molecule has 0 radical (unpaired) electrons. The summed E-state index contributed by atoms with van der Waals surface area (Å²) in [6, 6.07) is 0. The van der Waals surface area contributed by atoms with Crippen LogP contribution in [0, 0.1) is 0 Å². The van der Waals surface area contributed by atoms with Crippen LogP contribution in [0.1, 0.15) is 6.42 Å². The Morgan fingerprint density at radius 2 is 2.43 bits per heavy atom. The number of rotatable bonds is 2. The zero-order valence-electron chi connectivity index (χ0n) is 4.40. The molecule has 1 atom stereocenters. The van der Waals surface area contributed by atoms with E-state index in [4.69, 9.17) is 0 Å². The molecule has 0 spiro atoms. The topological polar surface area (TPSA) is 29.1 Å². The van der Waals surface area contributed by atoms with E-state index in [-0.39, 0.29) is 5.91 Å². The molecule has 0 bridgehead atoms. The van der Waals surface area contributed by atoms with Crippen molar-refractivity contribution >= 4 is 22.8 Å². The number of hydrogen-bond donors (Lipinski definition) is 1. The molecule has 0 aliphatic heterocycles. The molecular weight excluding hydrogens is 153 g/mol. The molecule has 0 heterocycles. The van der Waals surface area contributed by atoms with Crippen molar-refractivity contribution in [1.82, 2.24) is 5.32 Å². The summed E-state index contributed by atoms with van der Waals surface area (Å²) in [4.78, 5) is 10.3. The Bertz CT molecular complexity index is 64.7. The van der Waals surface area contributed by atoms with Crippen LogP contribution in [0.25, 0.3) is 0 Å². The van der Waals surface area contributed by atoms with Gasteiger partial charge in [0.2, 0.25) is 0 Å². The van der Waals surface area contributed by atoms with E-state index in [0.717, 1.165) is 5.21 Å². The number of nitrogens with one attached hydrogen (secondary N) is 1. The summed E-state index contributed by atoms with van der Waals surface area (Å²) in [7, 11) is 1.66. The molecule has 0 aromatic carbocycles. The van der Waals surface area contributed by atoms with Crippen molar-refractivity contribution in [2.24, 2.45) is 0 Å². The minimum atomic E-state index is 0.143. The molecule has 0 saturated heterocycles. The van der Waals surface area contributed by atoms with Gasteiger partial charge in [0.15, 0.2) is 0 Å². The number of carbonyl (C=O) groups excluding carboxylic acids is 1. The van der Waals surface area contributed by atoms with Crippen molar-refractivity contribution in [3.8, 4) is 0 Å². The SMILES string of the molecule is CNC(=O)CC[AsH2]. The first-order valence-electron chi connectivity index (χ1n) is 2.22. The molecule has 1 N–H and O–H groups in total. The predicted octanol–water partition coefficient (Wildman–Crippen LogP) is -0.826. The van der Waals surface area contributed by atoms with Crippen molar-refractivity contribution in [1.29, 1.82) is 0 Å². The van der Waals surface area contributed by atoms with E-state index in [1.165, 1.54) is 0 Å². The fourth-order valence-corrected chi connectivity index (χ4v) is 0.806. The van der Waals surface area contributed by atoms with E-state index in [1.807, 2.05) is 0 Å². The summed E-state index contributed by atoms with van der Waals surface area (Å²) in [6.45, 7) is 0. The molecule has 0 aliphatic rings. The van der Waals surface area contributed by atoms with Gasteiger partial charge < -0.3 is 0 Å². The van der Waals surface area contributed by atoms with Gasteiger partial charge in [-0.25, -0.2) is 0 Å². The van der Waals surface area contributed by atoms with Crippen LogP contribution < -0.4 is 5.32 Å². The summed E-state index contributed by atoms with van der Waals surface area (Å²) < 4.78 is 0. The van der Waals surface area contributed by atoms with Gasteiger partial charge in [-0.15, -0.1) is 0 Å². The first-order chi connectivity index (χ1) is 3.31. The van der Waals surface area contributed by atoms with Crippen molar-refractivity contribution in [2.75, 3.05) is 7.05 Å². The second-order valence-electron chi connectivity index (χ2n) is 1.21. The molecule has 0 rings (SSSR count). The Balaban J connectivity index is 3.00. The van der Waals surface area contributed by atoms with Gasteiger partial charge in [-0.3, -0.25) is 0 Å². The minimum absolute atomic E-state index is 0.143. The summed E-state index contributed by atoms with van der Waals surface area (Å²) in [5, 5.41) is 3.53. The molecule has 0 aromatic rings. The van der Waals surface area contributed by atoms with Crippen molar-refractivity contribution in [3.63, 3.8) is 0 Å². The van der Waals surface area contributed by atoms with Gasteiger partial charge in [-0.1, -0.05) is 0 Å². The summed E-state index contributed by atoms with van der Waals surface area (Å²) in [5.74, 6) is 0.143. The Morgan fingerprint density at radius 1 is 1.86 bits per heavy atom. The Labute approximate surface area is 52.2 Å². The van der Waals surface area contributed by atoms with Crippen molar-refractivity contribution in [2.45, 2.75) is 11.6 Å². The van der Waals surface area contributed by atoms with E-state index in [9.17, 15) is 4.79 Å². The molecule has 7 heavy (non-hydrogen) atoms.